The van der Waals surface area contributed by atoms with Crippen LogP contribution in [0, 0.1) is 0 Å². The summed E-state index contributed by atoms with van der Waals surface area (Å²) >= 11 is 0. The number of rotatable bonds is 3. The van der Waals surface area contributed by atoms with E-state index in [-0.39, 0.29) is 0 Å². The van der Waals surface area contributed by atoms with Gasteiger partial charge in [0.25, 0.3) is 0 Å². The van der Waals surface area contributed by atoms with Crippen LogP contribution in [0.15, 0.2) is 30.3 Å². The first kappa shape index (κ1) is 8.45. The molecule has 2 aliphatic rings. The van der Waals surface area contributed by atoms with Gasteiger partial charge in [-0.1, -0.05) is 30.3 Å². The molecule has 0 amide bonds. The lowest BCUT2D eigenvalue weighted by atomic mass is 10.2. The summed E-state index contributed by atoms with van der Waals surface area (Å²) in [4.78, 5) is 0. The lowest BCUT2D eigenvalue weighted by Crippen LogP contribution is -2.11. The largest absolute Gasteiger partial charge is 0.373 e. The van der Waals surface area contributed by atoms with Crippen LogP contribution in [0.5, 0.6) is 0 Å². The molecule has 3 rings (SSSR count). The Morgan fingerprint density at radius 1 is 1.14 bits per heavy atom. The van der Waals surface area contributed by atoms with Crippen molar-refractivity contribution in [2.75, 3.05) is 0 Å². The highest BCUT2D eigenvalue weighted by Gasteiger charge is 2.48. The summed E-state index contributed by atoms with van der Waals surface area (Å²) in [5.41, 5.74) is 1.26. The Balaban J connectivity index is 1.50. The number of hydrogen-bond donors (Lipinski definition) is 0. The molecule has 1 aromatic carbocycles. The van der Waals surface area contributed by atoms with Gasteiger partial charge in [0.2, 0.25) is 0 Å². The van der Waals surface area contributed by atoms with E-state index in [0.717, 1.165) is 19.4 Å². The number of ether oxygens (including phenoxy) is 2. The van der Waals surface area contributed by atoms with Crippen LogP contribution in [0.1, 0.15) is 18.4 Å². The Bertz CT molecular complexity index is 299. The van der Waals surface area contributed by atoms with Crippen LogP contribution in [0.25, 0.3) is 0 Å². The highest BCUT2D eigenvalue weighted by atomic mass is 16.6. The molecule has 3 atom stereocenters. The van der Waals surface area contributed by atoms with Gasteiger partial charge < -0.3 is 9.47 Å². The summed E-state index contributed by atoms with van der Waals surface area (Å²) in [6.45, 7) is 0.741. The monoisotopic (exact) mass is 190 g/mol. The van der Waals surface area contributed by atoms with E-state index in [4.69, 9.17) is 9.47 Å². The lowest BCUT2D eigenvalue weighted by molar-refractivity contribution is 0.0221. The maximum atomic E-state index is 5.81. The molecule has 1 saturated heterocycles. The second kappa shape index (κ2) is 3.37. The van der Waals surface area contributed by atoms with E-state index in [2.05, 4.69) is 12.1 Å². The van der Waals surface area contributed by atoms with Gasteiger partial charge >= 0.3 is 0 Å². The smallest absolute Gasteiger partial charge is 0.0867 e. The molecule has 1 saturated carbocycles. The topological polar surface area (TPSA) is 21.8 Å². The molecule has 1 aliphatic heterocycles. The van der Waals surface area contributed by atoms with Gasteiger partial charge in [0.15, 0.2) is 0 Å². The Hall–Kier alpha value is -0.860. The molecule has 0 N–H and O–H groups in total. The molecule has 1 unspecified atom stereocenters. The zero-order chi connectivity index (χ0) is 9.38. The normalized spacial score (nSPS) is 34.1. The highest BCUT2D eigenvalue weighted by Crippen LogP contribution is 2.39. The average Bonchev–Trinajstić information content (AvgIpc) is 2.85. The fraction of sp³-hybridized carbons (Fsp3) is 0.500. The minimum Gasteiger partial charge on any atom is -0.373 e. The fourth-order valence-electron chi connectivity index (χ4n) is 2.13. The molecule has 0 radical (unpaired) electrons. The quantitative estimate of drug-likeness (QED) is 0.681. The molecule has 0 bridgehead atoms. The molecule has 2 fully saturated rings. The third-order valence-electron chi connectivity index (χ3n) is 3.01. The number of benzene rings is 1. The van der Waals surface area contributed by atoms with E-state index in [0.29, 0.717) is 18.3 Å². The van der Waals surface area contributed by atoms with E-state index in [1.54, 1.807) is 0 Å². The molecule has 1 heterocycles. The molecule has 0 spiro atoms. The minimum atomic E-state index is 0.430. The van der Waals surface area contributed by atoms with E-state index < -0.39 is 0 Å². The van der Waals surface area contributed by atoms with Gasteiger partial charge in [0.1, 0.15) is 0 Å². The zero-order valence-electron chi connectivity index (χ0n) is 8.06. The Morgan fingerprint density at radius 2 is 1.86 bits per heavy atom. The average molecular weight is 190 g/mol. The van der Waals surface area contributed by atoms with Crippen LogP contribution in [0.2, 0.25) is 0 Å². The summed E-state index contributed by atoms with van der Waals surface area (Å²) in [5, 5.41) is 0. The Labute approximate surface area is 83.8 Å². The van der Waals surface area contributed by atoms with Crippen molar-refractivity contribution in [3.8, 4) is 0 Å². The molecular weight excluding hydrogens is 176 g/mol. The predicted octanol–water partition coefficient (Wildman–Crippen LogP) is 2.13. The summed E-state index contributed by atoms with van der Waals surface area (Å²) in [5.74, 6) is 0. The second-order valence-electron chi connectivity index (χ2n) is 4.10. The fourth-order valence-corrected chi connectivity index (χ4v) is 2.13. The lowest BCUT2D eigenvalue weighted by Gasteiger charge is -2.12. The standard InChI is InChI=1S/C12H14O2/c1-2-4-9(5-3-1)8-13-10-6-11-12(7-10)14-11/h1-5,10-12H,6-8H2/t10?,11-,12+. The van der Waals surface area contributed by atoms with Gasteiger partial charge in [-0.15, -0.1) is 0 Å². The van der Waals surface area contributed by atoms with Gasteiger partial charge in [-0.05, 0) is 5.56 Å². The first-order valence-electron chi connectivity index (χ1n) is 5.23. The predicted molar refractivity (Wildman–Crippen MR) is 52.9 cm³/mol. The van der Waals surface area contributed by atoms with Crippen LogP contribution in [-0.2, 0) is 16.1 Å². The summed E-state index contributed by atoms with van der Waals surface area (Å²) in [7, 11) is 0. The van der Waals surface area contributed by atoms with E-state index in [1.165, 1.54) is 5.56 Å². The maximum Gasteiger partial charge on any atom is 0.0867 e. The van der Waals surface area contributed by atoms with E-state index in [9.17, 15) is 0 Å². The van der Waals surface area contributed by atoms with Crippen molar-refractivity contribution < 1.29 is 9.47 Å². The van der Waals surface area contributed by atoms with Crippen LogP contribution in [0.3, 0.4) is 0 Å². The van der Waals surface area contributed by atoms with Crippen molar-refractivity contribution in [1.29, 1.82) is 0 Å². The first-order chi connectivity index (χ1) is 6.92. The molecule has 2 heteroatoms. The van der Waals surface area contributed by atoms with Crippen LogP contribution >= 0.6 is 0 Å². The number of hydrogen-bond acceptors (Lipinski definition) is 2. The molecule has 1 aliphatic carbocycles. The van der Waals surface area contributed by atoms with Crippen molar-refractivity contribution in [2.45, 2.75) is 37.8 Å². The van der Waals surface area contributed by atoms with Crippen molar-refractivity contribution in [1.82, 2.24) is 0 Å². The third-order valence-corrected chi connectivity index (χ3v) is 3.01. The number of epoxide rings is 1. The summed E-state index contributed by atoms with van der Waals surface area (Å²) in [6, 6.07) is 10.3. The molecule has 14 heavy (non-hydrogen) atoms. The second-order valence-corrected chi connectivity index (χ2v) is 4.10. The van der Waals surface area contributed by atoms with Crippen molar-refractivity contribution in [3.05, 3.63) is 35.9 Å². The van der Waals surface area contributed by atoms with E-state index in [1.807, 2.05) is 18.2 Å². The van der Waals surface area contributed by atoms with E-state index >= 15 is 0 Å². The van der Waals surface area contributed by atoms with Crippen molar-refractivity contribution >= 4 is 0 Å². The van der Waals surface area contributed by atoms with Gasteiger partial charge in [0.05, 0.1) is 24.9 Å². The highest BCUT2D eigenvalue weighted by molar-refractivity contribution is 5.13. The Kier molecular flexibility index (Phi) is 2.03. The molecule has 0 aromatic heterocycles. The van der Waals surface area contributed by atoms with Crippen molar-refractivity contribution in [2.24, 2.45) is 0 Å². The van der Waals surface area contributed by atoms with Gasteiger partial charge in [-0.25, -0.2) is 0 Å². The van der Waals surface area contributed by atoms with Gasteiger partial charge in [0, 0.05) is 12.8 Å². The van der Waals surface area contributed by atoms with Gasteiger partial charge in [-0.2, -0.15) is 0 Å². The van der Waals surface area contributed by atoms with Gasteiger partial charge in [-0.3, -0.25) is 0 Å². The third kappa shape index (κ3) is 1.68. The summed E-state index contributed by atoms with van der Waals surface area (Å²) in [6.07, 6.45) is 3.67. The molecular formula is C12H14O2. The summed E-state index contributed by atoms with van der Waals surface area (Å²) < 4.78 is 11.2. The van der Waals surface area contributed by atoms with Crippen molar-refractivity contribution in [3.63, 3.8) is 0 Å². The van der Waals surface area contributed by atoms with Crippen LogP contribution < -0.4 is 0 Å². The number of fused-ring (bicyclic) bond motifs is 1. The van der Waals surface area contributed by atoms with Crippen LogP contribution in [0.4, 0.5) is 0 Å². The maximum absolute atomic E-state index is 5.81. The molecule has 2 nitrogen and oxygen atoms in total. The first-order valence-corrected chi connectivity index (χ1v) is 5.23. The SMILES string of the molecule is c1ccc(COC2C[C@@H]3O[C@@H]3C2)cc1. The minimum absolute atomic E-state index is 0.430. The molecule has 74 valence electrons. The van der Waals surface area contributed by atoms with Crippen LogP contribution in [-0.4, -0.2) is 18.3 Å². The molecule has 1 aromatic rings. The zero-order valence-corrected chi connectivity index (χ0v) is 8.06. The Morgan fingerprint density at radius 3 is 2.57 bits per heavy atom.